The Labute approximate surface area is 132 Å². The van der Waals surface area contributed by atoms with E-state index in [9.17, 15) is 0 Å². The molecule has 0 heterocycles. The number of benzene rings is 2. The Kier molecular flexibility index (Phi) is 5.66. The Bertz CT molecular complexity index is 598. The van der Waals surface area contributed by atoms with Crippen molar-refractivity contribution in [2.45, 2.75) is 26.8 Å². The third-order valence-corrected chi connectivity index (χ3v) is 3.81. The van der Waals surface area contributed by atoms with E-state index in [2.05, 4.69) is 43.4 Å². The van der Waals surface area contributed by atoms with E-state index in [1.807, 2.05) is 25.1 Å². The smallest absolute Gasteiger partial charge is 0.123 e. The predicted molar refractivity (Wildman–Crippen MR) is 89.3 cm³/mol. The Morgan fingerprint density at radius 3 is 2.57 bits per heavy atom. The van der Waals surface area contributed by atoms with Crippen molar-refractivity contribution in [1.82, 2.24) is 5.32 Å². The lowest BCUT2D eigenvalue weighted by molar-refractivity contribution is 0.266. The minimum absolute atomic E-state index is 0.176. The minimum atomic E-state index is 0.176. The fourth-order valence-electron chi connectivity index (χ4n) is 2.39. The molecule has 1 unspecified atom stereocenters. The summed E-state index contributed by atoms with van der Waals surface area (Å²) in [4.78, 5) is 0. The molecule has 1 atom stereocenters. The number of ether oxygens (including phenoxy) is 1. The maximum Gasteiger partial charge on any atom is 0.123 e. The van der Waals surface area contributed by atoms with Crippen molar-refractivity contribution in [2.75, 3.05) is 13.2 Å². The number of halogens is 1. The third kappa shape index (κ3) is 4.23. The molecular weight excluding hydrogens is 282 g/mol. The minimum Gasteiger partial charge on any atom is -0.491 e. The van der Waals surface area contributed by atoms with Crippen LogP contribution in [0.25, 0.3) is 0 Å². The van der Waals surface area contributed by atoms with E-state index in [0.717, 1.165) is 17.9 Å². The van der Waals surface area contributed by atoms with E-state index in [1.54, 1.807) is 0 Å². The molecule has 0 fully saturated rings. The summed E-state index contributed by atoms with van der Waals surface area (Å²) in [7, 11) is 0. The van der Waals surface area contributed by atoms with Crippen LogP contribution in [0, 0.1) is 13.8 Å². The molecule has 0 aliphatic rings. The van der Waals surface area contributed by atoms with Crippen LogP contribution in [0.15, 0.2) is 42.5 Å². The lowest BCUT2D eigenvalue weighted by Gasteiger charge is -2.21. The highest BCUT2D eigenvalue weighted by Crippen LogP contribution is 2.25. The molecule has 21 heavy (non-hydrogen) atoms. The fourth-order valence-corrected chi connectivity index (χ4v) is 2.55. The first kappa shape index (κ1) is 15.9. The zero-order chi connectivity index (χ0) is 15.2. The second kappa shape index (κ2) is 7.48. The summed E-state index contributed by atoms with van der Waals surface area (Å²) in [5.74, 6) is 0.846. The van der Waals surface area contributed by atoms with Crippen molar-refractivity contribution in [3.63, 3.8) is 0 Å². The predicted octanol–water partition coefficient (Wildman–Crippen LogP) is 4.69. The summed E-state index contributed by atoms with van der Waals surface area (Å²) < 4.78 is 5.99. The maximum atomic E-state index is 6.04. The molecule has 0 saturated heterocycles. The summed E-state index contributed by atoms with van der Waals surface area (Å²) >= 11 is 6.04. The fraction of sp³-hybridized carbons (Fsp3) is 0.333. The van der Waals surface area contributed by atoms with Crippen LogP contribution in [0.1, 0.15) is 29.7 Å². The number of nitrogens with one attached hydrogen (secondary N) is 1. The monoisotopic (exact) mass is 303 g/mol. The van der Waals surface area contributed by atoms with Crippen LogP contribution in [0.2, 0.25) is 5.02 Å². The molecule has 0 bridgehead atoms. The van der Waals surface area contributed by atoms with E-state index >= 15 is 0 Å². The van der Waals surface area contributed by atoms with E-state index in [1.165, 1.54) is 11.1 Å². The molecule has 2 aromatic rings. The summed E-state index contributed by atoms with van der Waals surface area (Å²) in [6.45, 7) is 7.75. The van der Waals surface area contributed by atoms with Gasteiger partial charge in [-0.15, -0.1) is 0 Å². The molecule has 0 aliphatic carbocycles. The Balaban J connectivity index is 2.14. The highest BCUT2D eigenvalue weighted by molar-refractivity contribution is 6.30. The van der Waals surface area contributed by atoms with Crippen LogP contribution in [-0.2, 0) is 0 Å². The zero-order valence-electron chi connectivity index (χ0n) is 12.8. The molecule has 112 valence electrons. The molecule has 0 radical (unpaired) electrons. The van der Waals surface area contributed by atoms with E-state index in [4.69, 9.17) is 16.3 Å². The van der Waals surface area contributed by atoms with Crippen molar-refractivity contribution >= 4 is 11.6 Å². The highest BCUT2D eigenvalue weighted by atomic mass is 35.5. The van der Waals surface area contributed by atoms with Gasteiger partial charge in [0.1, 0.15) is 12.4 Å². The first-order valence-electron chi connectivity index (χ1n) is 7.29. The number of rotatable bonds is 6. The largest absolute Gasteiger partial charge is 0.491 e. The topological polar surface area (TPSA) is 21.3 Å². The van der Waals surface area contributed by atoms with Crippen LogP contribution in [0.4, 0.5) is 0 Å². The quantitative estimate of drug-likeness (QED) is 0.836. The van der Waals surface area contributed by atoms with Crippen LogP contribution < -0.4 is 10.1 Å². The zero-order valence-corrected chi connectivity index (χ0v) is 13.6. The summed E-state index contributed by atoms with van der Waals surface area (Å²) in [6.07, 6.45) is 0. The number of aryl methyl sites for hydroxylation is 2. The number of hydrogen-bond acceptors (Lipinski definition) is 2. The van der Waals surface area contributed by atoms with Gasteiger partial charge < -0.3 is 10.1 Å². The van der Waals surface area contributed by atoms with Crippen LogP contribution in [0.5, 0.6) is 5.75 Å². The van der Waals surface area contributed by atoms with Crippen molar-refractivity contribution in [3.05, 3.63) is 64.2 Å². The molecule has 3 heteroatoms. The average molecular weight is 304 g/mol. The molecule has 0 aromatic heterocycles. The molecule has 0 spiro atoms. The first-order chi connectivity index (χ1) is 10.1. The third-order valence-electron chi connectivity index (χ3n) is 3.57. The molecule has 2 nitrogen and oxygen atoms in total. The van der Waals surface area contributed by atoms with Gasteiger partial charge in [-0.1, -0.05) is 48.9 Å². The summed E-state index contributed by atoms with van der Waals surface area (Å²) in [6, 6.07) is 14.3. The average Bonchev–Trinajstić information content (AvgIpc) is 2.47. The Morgan fingerprint density at radius 2 is 1.86 bits per heavy atom. The van der Waals surface area contributed by atoms with E-state index in [-0.39, 0.29) is 6.04 Å². The van der Waals surface area contributed by atoms with Gasteiger partial charge in [0.25, 0.3) is 0 Å². The van der Waals surface area contributed by atoms with Gasteiger partial charge in [-0.05, 0) is 49.2 Å². The van der Waals surface area contributed by atoms with Crippen molar-refractivity contribution in [2.24, 2.45) is 0 Å². The maximum absolute atomic E-state index is 6.04. The summed E-state index contributed by atoms with van der Waals surface area (Å²) in [5, 5.41) is 4.19. The van der Waals surface area contributed by atoms with Crippen molar-refractivity contribution in [1.29, 1.82) is 0 Å². The standard InChI is InChI=1S/C18H22ClNO/c1-4-20-17(16-8-6-5-7-13(16)2)12-21-18-11-15(19)10-9-14(18)3/h5-11,17,20H,4,12H2,1-3H3. The molecule has 0 saturated carbocycles. The number of likely N-dealkylation sites (N-methyl/N-ethyl adjacent to an activating group) is 1. The number of hydrogen-bond donors (Lipinski definition) is 1. The van der Waals surface area contributed by atoms with Gasteiger partial charge in [0.05, 0.1) is 6.04 Å². The van der Waals surface area contributed by atoms with Crippen molar-refractivity contribution < 1.29 is 4.74 Å². The van der Waals surface area contributed by atoms with Gasteiger partial charge in [-0.25, -0.2) is 0 Å². The molecule has 0 amide bonds. The second-order valence-electron chi connectivity index (χ2n) is 5.19. The van der Waals surface area contributed by atoms with Crippen molar-refractivity contribution in [3.8, 4) is 5.75 Å². The van der Waals surface area contributed by atoms with Crippen LogP contribution >= 0.6 is 11.6 Å². The van der Waals surface area contributed by atoms with Gasteiger partial charge in [-0.3, -0.25) is 0 Å². The normalized spacial score (nSPS) is 12.2. The van der Waals surface area contributed by atoms with Gasteiger partial charge in [0.15, 0.2) is 0 Å². The second-order valence-corrected chi connectivity index (χ2v) is 5.62. The molecular formula is C18H22ClNO. The van der Waals surface area contributed by atoms with Gasteiger partial charge in [-0.2, -0.15) is 0 Å². The van der Waals surface area contributed by atoms with E-state index in [0.29, 0.717) is 11.6 Å². The summed E-state index contributed by atoms with van der Waals surface area (Å²) in [5.41, 5.74) is 3.65. The molecule has 2 rings (SSSR count). The Hall–Kier alpha value is -1.51. The van der Waals surface area contributed by atoms with Gasteiger partial charge >= 0.3 is 0 Å². The lowest BCUT2D eigenvalue weighted by atomic mass is 10.0. The van der Waals surface area contributed by atoms with E-state index < -0.39 is 0 Å². The Morgan fingerprint density at radius 1 is 1.10 bits per heavy atom. The highest BCUT2D eigenvalue weighted by Gasteiger charge is 2.14. The van der Waals surface area contributed by atoms with Gasteiger partial charge in [0.2, 0.25) is 0 Å². The SMILES string of the molecule is CCNC(COc1cc(Cl)ccc1C)c1ccccc1C. The van der Waals surface area contributed by atoms with Gasteiger partial charge in [0, 0.05) is 5.02 Å². The van der Waals surface area contributed by atoms with Crippen LogP contribution in [-0.4, -0.2) is 13.2 Å². The molecule has 2 aromatic carbocycles. The first-order valence-corrected chi connectivity index (χ1v) is 7.67. The molecule has 1 N–H and O–H groups in total. The van der Waals surface area contributed by atoms with Crippen LogP contribution in [0.3, 0.4) is 0 Å². The lowest BCUT2D eigenvalue weighted by Crippen LogP contribution is -2.27. The molecule has 0 aliphatic heterocycles.